The summed E-state index contributed by atoms with van der Waals surface area (Å²) in [6.07, 6.45) is 2.95. The van der Waals surface area contributed by atoms with Crippen molar-refractivity contribution in [2.24, 2.45) is 0 Å². The number of hydrogen-bond donors (Lipinski definition) is 1. The van der Waals surface area contributed by atoms with Gasteiger partial charge >= 0.3 is 5.97 Å². The lowest BCUT2D eigenvalue weighted by Crippen LogP contribution is -2.38. The molecule has 0 spiro atoms. The van der Waals surface area contributed by atoms with E-state index in [2.05, 4.69) is 15.5 Å². The fourth-order valence-electron chi connectivity index (χ4n) is 3.10. The van der Waals surface area contributed by atoms with Gasteiger partial charge in [0.25, 0.3) is 5.89 Å². The van der Waals surface area contributed by atoms with Crippen LogP contribution in [0.1, 0.15) is 18.4 Å². The van der Waals surface area contributed by atoms with Crippen LogP contribution in [0.3, 0.4) is 0 Å². The molecule has 2 aromatic carbocycles. The number of aromatic nitrogens is 2. The van der Waals surface area contributed by atoms with Crippen LogP contribution in [0, 0.1) is 0 Å². The molecular weight excluding hydrogens is 470 g/mol. The molecule has 0 saturated carbocycles. The molecule has 3 rings (SSSR count). The Morgan fingerprint density at radius 3 is 2.22 bits per heavy atom. The molecule has 1 amide bonds. The van der Waals surface area contributed by atoms with E-state index in [0.29, 0.717) is 28.6 Å². The second kappa shape index (κ2) is 12.2. The normalized spacial score (nSPS) is 11.6. The number of nitrogens with zero attached hydrogens (tertiary/aromatic N) is 2. The highest BCUT2D eigenvalue weighted by Crippen LogP contribution is 2.40. The molecule has 1 atom stereocenters. The summed E-state index contributed by atoms with van der Waals surface area (Å²) in [5.74, 6) is 1.12. The first kappa shape index (κ1) is 26.1. The molecule has 11 nitrogen and oxygen atoms in total. The maximum Gasteiger partial charge on any atom is 0.328 e. The molecule has 1 unspecified atom stereocenters. The van der Waals surface area contributed by atoms with Crippen molar-refractivity contribution in [2.45, 2.75) is 19.6 Å². The van der Waals surface area contributed by atoms with E-state index in [1.54, 1.807) is 49.6 Å². The van der Waals surface area contributed by atoms with Gasteiger partial charge in [-0.25, -0.2) is 4.79 Å². The Hall–Kier alpha value is -4.54. The van der Waals surface area contributed by atoms with Crippen molar-refractivity contribution >= 4 is 18.0 Å². The Morgan fingerprint density at radius 2 is 1.64 bits per heavy atom. The Bertz CT molecular complexity index is 1200. The van der Waals surface area contributed by atoms with E-state index in [9.17, 15) is 9.59 Å². The predicted molar refractivity (Wildman–Crippen MR) is 129 cm³/mol. The number of ether oxygens (including phenoxy) is 5. The molecule has 0 aliphatic heterocycles. The highest BCUT2D eigenvalue weighted by atomic mass is 16.5. The van der Waals surface area contributed by atoms with Crippen LogP contribution in [0.15, 0.2) is 46.9 Å². The van der Waals surface area contributed by atoms with E-state index < -0.39 is 17.9 Å². The summed E-state index contributed by atoms with van der Waals surface area (Å²) < 4.78 is 31.8. The minimum Gasteiger partial charge on any atom is -0.497 e. The first-order valence-corrected chi connectivity index (χ1v) is 10.8. The van der Waals surface area contributed by atoms with Gasteiger partial charge in [-0.1, -0.05) is 12.1 Å². The Labute approximate surface area is 208 Å². The van der Waals surface area contributed by atoms with Gasteiger partial charge in [0.15, 0.2) is 18.1 Å². The third-order valence-corrected chi connectivity index (χ3v) is 4.97. The first-order valence-electron chi connectivity index (χ1n) is 10.8. The van der Waals surface area contributed by atoms with E-state index >= 15 is 0 Å². The highest BCUT2D eigenvalue weighted by molar-refractivity contribution is 5.94. The number of rotatable bonds is 11. The lowest BCUT2D eigenvalue weighted by molar-refractivity contribution is -0.148. The third kappa shape index (κ3) is 6.53. The minimum absolute atomic E-state index is 0.0741. The third-order valence-electron chi connectivity index (χ3n) is 4.97. The topological polar surface area (TPSA) is 131 Å². The molecule has 3 aromatic rings. The highest BCUT2D eigenvalue weighted by Gasteiger charge is 2.20. The molecule has 36 heavy (non-hydrogen) atoms. The first-order chi connectivity index (χ1) is 17.4. The molecule has 190 valence electrons. The zero-order valence-corrected chi connectivity index (χ0v) is 20.6. The molecule has 1 heterocycles. The molecule has 0 radical (unpaired) electrons. The van der Waals surface area contributed by atoms with Gasteiger partial charge in [-0.05, 0) is 42.8 Å². The van der Waals surface area contributed by atoms with Crippen LogP contribution >= 0.6 is 0 Å². The van der Waals surface area contributed by atoms with Crippen molar-refractivity contribution in [3.63, 3.8) is 0 Å². The maximum absolute atomic E-state index is 12.3. The summed E-state index contributed by atoms with van der Waals surface area (Å²) in [7, 11) is 6.06. The smallest absolute Gasteiger partial charge is 0.328 e. The van der Waals surface area contributed by atoms with Crippen LogP contribution in [0.25, 0.3) is 17.5 Å². The number of amides is 1. The van der Waals surface area contributed by atoms with Crippen LogP contribution in [-0.4, -0.2) is 56.6 Å². The SMILES string of the molecule is COc1ccc(/C=C/C(=O)NC(C)C(=O)OCc2nnc(-c3cc(OC)c(OC)c(OC)c3)o2)cc1. The average Bonchev–Trinajstić information content (AvgIpc) is 3.38. The van der Waals surface area contributed by atoms with E-state index in [1.165, 1.54) is 34.3 Å². The maximum atomic E-state index is 12.3. The number of nitrogens with one attached hydrogen (secondary N) is 1. The fraction of sp³-hybridized carbons (Fsp3) is 0.280. The van der Waals surface area contributed by atoms with Gasteiger partial charge < -0.3 is 33.4 Å². The van der Waals surface area contributed by atoms with Crippen LogP contribution in [0.5, 0.6) is 23.0 Å². The van der Waals surface area contributed by atoms with Gasteiger partial charge in [0.05, 0.1) is 28.4 Å². The van der Waals surface area contributed by atoms with Crippen molar-refractivity contribution in [3.05, 3.63) is 53.9 Å². The van der Waals surface area contributed by atoms with Gasteiger partial charge in [-0.15, -0.1) is 10.2 Å². The number of methoxy groups -OCH3 is 4. The second-order valence-corrected chi connectivity index (χ2v) is 7.36. The van der Waals surface area contributed by atoms with Crippen LogP contribution < -0.4 is 24.3 Å². The quantitative estimate of drug-likeness (QED) is 0.311. The standard InChI is InChI=1S/C25H27N3O8/c1-15(26-21(29)11-8-16-6-9-18(31-2)10-7-16)25(30)35-14-22-27-28-24(36-22)17-12-19(32-3)23(34-5)20(13-17)33-4/h6-13,15H,14H2,1-5H3,(H,26,29)/b11-8+. The number of carbonyl (C=O) groups is 2. The van der Waals surface area contributed by atoms with E-state index in [4.69, 9.17) is 28.1 Å². The number of esters is 1. The van der Waals surface area contributed by atoms with Crippen molar-refractivity contribution in [1.29, 1.82) is 0 Å². The summed E-state index contributed by atoms with van der Waals surface area (Å²) >= 11 is 0. The van der Waals surface area contributed by atoms with Crippen molar-refractivity contribution in [2.75, 3.05) is 28.4 Å². The molecule has 0 bridgehead atoms. The summed E-state index contributed by atoms with van der Waals surface area (Å²) in [5, 5.41) is 10.4. The zero-order chi connectivity index (χ0) is 26.1. The number of benzene rings is 2. The molecule has 11 heteroatoms. The summed E-state index contributed by atoms with van der Waals surface area (Å²) in [6, 6.07) is 9.58. The average molecular weight is 498 g/mol. The summed E-state index contributed by atoms with van der Waals surface area (Å²) in [6.45, 7) is 1.24. The molecule has 1 aromatic heterocycles. The van der Waals surface area contributed by atoms with Crippen LogP contribution in [0.4, 0.5) is 0 Å². The van der Waals surface area contributed by atoms with Crippen LogP contribution in [0.2, 0.25) is 0 Å². The molecular formula is C25H27N3O8. The fourth-order valence-corrected chi connectivity index (χ4v) is 3.10. The lowest BCUT2D eigenvalue weighted by atomic mass is 10.2. The van der Waals surface area contributed by atoms with Gasteiger partial charge in [0, 0.05) is 11.6 Å². The van der Waals surface area contributed by atoms with E-state index in [0.717, 1.165) is 5.56 Å². The number of hydrogen-bond acceptors (Lipinski definition) is 10. The lowest BCUT2D eigenvalue weighted by Gasteiger charge is -2.12. The Kier molecular flexibility index (Phi) is 8.87. The van der Waals surface area contributed by atoms with Crippen molar-refractivity contribution in [3.8, 4) is 34.5 Å². The Morgan fingerprint density at radius 1 is 0.972 bits per heavy atom. The molecule has 0 saturated heterocycles. The minimum atomic E-state index is -0.893. The van der Waals surface area contributed by atoms with Crippen molar-refractivity contribution in [1.82, 2.24) is 15.5 Å². The largest absolute Gasteiger partial charge is 0.497 e. The van der Waals surface area contributed by atoms with E-state index in [1.807, 2.05) is 0 Å². The number of carbonyl (C=O) groups excluding carboxylic acids is 2. The molecule has 0 aliphatic carbocycles. The predicted octanol–water partition coefficient (Wildman–Crippen LogP) is 3.03. The van der Waals surface area contributed by atoms with E-state index in [-0.39, 0.29) is 18.4 Å². The Balaban J connectivity index is 1.55. The summed E-state index contributed by atoms with van der Waals surface area (Å²) in [4.78, 5) is 24.4. The van der Waals surface area contributed by atoms with Gasteiger partial charge in [0.1, 0.15) is 11.8 Å². The van der Waals surface area contributed by atoms with Crippen LogP contribution in [-0.2, 0) is 20.9 Å². The van der Waals surface area contributed by atoms with Gasteiger partial charge in [-0.2, -0.15) is 0 Å². The van der Waals surface area contributed by atoms with Gasteiger partial charge in [0.2, 0.25) is 17.5 Å². The monoisotopic (exact) mass is 497 g/mol. The molecule has 1 N–H and O–H groups in total. The van der Waals surface area contributed by atoms with Crippen molar-refractivity contribution < 1.29 is 37.7 Å². The zero-order valence-electron chi connectivity index (χ0n) is 20.6. The summed E-state index contributed by atoms with van der Waals surface area (Å²) in [5.41, 5.74) is 1.33. The molecule has 0 fully saturated rings. The molecule has 0 aliphatic rings. The second-order valence-electron chi connectivity index (χ2n) is 7.36. The van der Waals surface area contributed by atoms with Gasteiger partial charge in [-0.3, -0.25) is 4.79 Å².